The maximum atomic E-state index is 12.3. The Morgan fingerprint density at radius 1 is 1.06 bits per heavy atom. The first-order chi connectivity index (χ1) is 16.0. The van der Waals surface area contributed by atoms with Crippen LogP contribution in [0, 0.1) is 10.1 Å². The summed E-state index contributed by atoms with van der Waals surface area (Å²) in [5.74, 6) is 0.813. The SMILES string of the molecule is COc1cc(/C=C2\SC(=Nc3ccccc3)NC2=O)ccc1OCc1ccc([N+](=O)[O-])cc1. The van der Waals surface area contributed by atoms with Crippen molar-refractivity contribution in [2.45, 2.75) is 6.61 Å². The molecule has 1 saturated heterocycles. The molecule has 8 nitrogen and oxygen atoms in total. The number of nitrogens with one attached hydrogen (secondary N) is 1. The van der Waals surface area contributed by atoms with Gasteiger partial charge < -0.3 is 14.8 Å². The number of hydrogen-bond donors (Lipinski definition) is 1. The Hall–Kier alpha value is -4.11. The smallest absolute Gasteiger partial charge is 0.269 e. The van der Waals surface area contributed by atoms with Crippen molar-refractivity contribution in [2.75, 3.05) is 7.11 Å². The normalized spacial score (nSPS) is 15.5. The number of aliphatic imine (C=N–C) groups is 1. The summed E-state index contributed by atoms with van der Waals surface area (Å²) in [6.07, 6.45) is 1.76. The summed E-state index contributed by atoms with van der Waals surface area (Å²) in [5.41, 5.74) is 2.35. The van der Waals surface area contributed by atoms with Crippen molar-refractivity contribution < 1.29 is 19.2 Å². The fourth-order valence-electron chi connectivity index (χ4n) is 3.02. The molecule has 0 unspecified atom stereocenters. The molecule has 0 aromatic heterocycles. The van der Waals surface area contributed by atoms with Gasteiger partial charge in [0.1, 0.15) is 6.61 Å². The molecule has 0 radical (unpaired) electrons. The van der Waals surface area contributed by atoms with Crippen LogP contribution in [0.4, 0.5) is 11.4 Å². The molecule has 9 heteroatoms. The number of methoxy groups -OCH3 is 1. The number of rotatable bonds is 7. The first-order valence-corrected chi connectivity index (χ1v) is 10.7. The molecular weight excluding hydrogens is 442 g/mol. The highest BCUT2D eigenvalue weighted by Crippen LogP contribution is 2.32. The van der Waals surface area contributed by atoms with Gasteiger partial charge in [0.2, 0.25) is 0 Å². The Balaban J connectivity index is 1.46. The molecule has 0 aliphatic carbocycles. The summed E-state index contributed by atoms with van der Waals surface area (Å²) in [7, 11) is 1.53. The molecule has 1 aliphatic heterocycles. The van der Waals surface area contributed by atoms with Crippen LogP contribution in [0.3, 0.4) is 0 Å². The van der Waals surface area contributed by atoms with Crippen LogP contribution < -0.4 is 14.8 Å². The maximum absolute atomic E-state index is 12.3. The first-order valence-electron chi connectivity index (χ1n) is 9.90. The quantitative estimate of drug-likeness (QED) is 0.299. The molecule has 0 spiro atoms. The van der Waals surface area contributed by atoms with E-state index >= 15 is 0 Å². The molecule has 0 atom stereocenters. The molecule has 1 amide bonds. The number of amides is 1. The maximum Gasteiger partial charge on any atom is 0.269 e. The van der Waals surface area contributed by atoms with Gasteiger partial charge >= 0.3 is 0 Å². The Morgan fingerprint density at radius 2 is 1.82 bits per heavy atom. The van der Waals surface area contributed by atoms with Crippen molar-refractivity contribution in [3.8, 4) is 11.5 Å². The topological polar surface area (TPSA) is 103 Å². The Kier molecular flexibility index (Phi) is 6.70. The number of nitro groups is 1. The third kappa shape index (κ3) is 5.58. The number of thioether (sulfide) groups is 1. The Bertz CT molecular complexity index is 1240. The highest BCUT2D eigenvalue weighted by Gasteiger charge is 2.24. The monoisotopic (exact) mass is 461 g/mol. The van der Waals surface area contributed by atoms with Crippen molar-refractivity contribution in [3.63, 3.8) is 0 Å². The zero-order valence-electron chi connectivity index (χ0n) is 17.6. The number of nitro benzene ring substituents is 1. The number of para-hydroxylation sites is 1. The zero-order valence-corrected chi connectivity index (χ0v) is 18.4. The minimum absolute atomic E-state index is 0.0273. The van der Waals surface area contributed by atoms with E-state index in [-0.39, 0.29) is 18.2 Å². The van der Waals surface area contributed by atoms with Crippen LogP contribution in [0.25, 0.3) is 6.08 Å². The number of hydrogen-bond acceptors (Lipinski definition) is 7. The lowest BCUT2D eigenvalue weighted by Gasteiger charge is -2.11. The van der Waals surface area contributed by atoms with Gasteiger partial charge in [0.25, 0.3) is 11.6 Å². The number of nitrogens with zero attached hydrogens (tertiary/aromatic N) is 2. The van der Waals surface area contributed by atoms with Crippen molar-refractivity contribution in [1.29, 1.82) is 0 Å². The van der Waals surface area contributed by atoms with E-state index in [0.717, 1.165) is 16.8 Å². The van der Waals surface area contributed by atoms with Gasteiger partial charge in [-0.15, -0.1) is 0 Å². The van der Waals surface area contributed by atoms with Crippen LogP contribution in [-0.4, -0.2) is 23.1 Å². The minimum atomic E-state index is -0.444. The summed E-state index contributed by atoms with van der Waals surface area (Å²) < 4.78 is 11.3. The largest absolute Gasteiger partial charge is 0.493 e. The van der Waals surface area contributed by atoms with E-state index in [9.17, 15) is 14.9 Å². The molecule has 0 bridgehead atoms. The molecule has 166 valence electrons. The zero-order chi connectivity index (χ0) is 23.2. The van der Waals surface area contributed by atoms with Crippen LogP contribution in [0.1, 0.15) is 11.1 Å². The molecule has 1 aliphatic rings. The fourth-order valence-corrected chi connectivity index (χ4v) is 3.86. The van der Waals surface area contributed by atoms with Crippen molar-refractivity contribution in [2.24, 2.45) is 4.99 Å². The van der Waals surface area contributed by atoms with Crippen LogP contribution in [0.2, 0.25) is 0 Å². The Morgan fingerprint density at radius 3 is 2.52 bits per heavy atom. The predicted octanol–water partition coefficient (Wildman–Crippen LogP) is 5.07. The molecule has 3 aromatic carbocycles. The second kappa shape index (κ2) is 10.0. The standard InChI is InChI=1S/C24H19N3O5S/c1-31-21-13-17(9-12-20(21)32-15-16-7-10-19(11-8-16)27(29)30)14-22-23(28)26-24(33-22)25-18-5-3-2-4-6-18/h2-14H,15H2,1H3,(H,25,26,28)/b22-14-. The second-order valence-electron chi connectivity index (χ2n) is 6.94. The number of carbonyl (C=O) groups excluding carboxylic acids is 1. The highest BCUT2D eigenvalue weighted by atomic mass is 32.2. The van der Waals surface area contributed by atoms with Gasteiger partial charge in [-0.2, -0.15) is 0 Å². The minimum Gasteiger partial charge on any atom is -0.493 e. The molecule has 1 heterocycles. The second-order valence-corrected chi connectivity index (χ2v) is 7.97. The number of amidine groups is 1. The van der Waals surface area contributed by atoms with Crippen LogP contribution in [0.5, 0.6) is 11.5 Å². The molecule has 4 rings (SSSR count). The number of non-ortho nitro benzene ring substituents is 1. The van der Waals surface area contributed by atoms with Crippen LogP contribution in [-0.2, 0) is 11.4 Å². The lowest BCUT2D eigenvalue weighted by atomic mass is 10.2. The summed E-state index contributed by atoms with van der Waals surface area (Å²) in [5, 5.41) is 14.1. The van der Waals surface area contributed by atoms with E-state index in [2.05, 4.69) is 10.3 Å². The lowest BCUT2D eigenvalue weighted by molar-refractivity contribution is -0.384. The fraction of sp³-hybridized carbons (Fsp3) is 0.0833. The summed E-state index contributed by atoms with van der Waals surface area (Å²) in [4.78, 5) is 27.6. The molecule has 3 aromatic rings. The van der Waals surface area contributed by atoms with Gasteiger partial charge in [-0.25, -0.2) is 4.99 Å². The first kappa shape index (κ1) is 22.1. The van der Waals surface area contributed by atoms with E-state index < -0.39 is 4.92 Å². The van der Waals surface area contributed by atoms with Gasteiger partial charge in [-0.05, 0) is 65.4 Å². The summed E-state index contributed by atoms with van der Waals surface area (Å²) in [6.45, 7) is 0.229. The van der Waals surface area contributed by atoms with Crippen LogP contribution >= 0.6 is 11.8 Å². The summed E-state index contributed by atoms with van der Waals surface area (Å²) >= 11 is 1.27. The molecule has 0 saturated carbocycles. The van der Waals surface area contributed by atoms with E-state index in [1.165, 1.54) is 31.0 Å². The predicted molar refractivity (Wildman–Crippen MR) is 128 cm³/mol. The number of carbonyl (C=O) groups is 1. The third-order valence-electron chi connectivity index (χ3n) is 4.66. The highest BCUT2D eigenvalue weighted by molar-refractivity contribution is 8.18. The van der Waals surface area contributed by atoms with E-state index in [4.69, 9.17) is 9.47 Å². The number of ether oxygens (including phenoxy) is 2. The third-order valence-corrected chi connectivity index (χ3v) is 5.57. The molecule has 1 N–H and O–H groups in total. The van der Waals surface area contributed by atoms with E-state index in [1.54, 1.807) is 30.3 Å². The van der Waals surface area contributed by atoms with Crippen LogP contribution in [0.15, 0.2) is 82.7 Å². The van der Waals surface area contributed by atoms with E-state index in [0.29, 0.717) is 21.6 Å². The Labute approximate surface area is 194 Å². The average molecular weight is 461 g/mol. The van der Waals surface area contributed by atoms with Gasteiger partial charge in [-0.3, -0.25) is 14.9 Å². The molecule has 33 heavy (non-hydrogen) atoms. The summed E-state index contributed by atoms with van der Waals surface area (Å²) in [6, 6.07) is 20.9. The van der Waals surface area contributed by atoms with Gasteiger partial charge in [0.05, 0.1) is 22.6 Å². The average Bonchev–Trinajstić information content (AvgIpc) is 3.17. The van der Waals surface area contributed by atoms with Crippen molar-refractivity contribution in [3.05, 3.63) is 98.9 Å². The lowest BCUT2D eigenvalue weighted by Crippen LogP contribution is -2.19. The van der Waals surface area contributed by atoms with Gasteiger partial charge in [-0.1, -0.05) is 24.3 Å². The van der Waals surface area contributed by atoms with Crippen molar-refractivity contribution in [1.82, 2.24) is 5.32 Å². The molecular formula is C24H19N3O5S. The van der Waals surface area contributed by atoms with Gasteiger partial charge in [0.15, 0.2) is 16.7 Å². The molecule has 1 fully saturated rings. The van der Waals surface area contributed by atoms with Gasteiger partial charge in [0, 0.05) is 12.1 Å². The van der Waals surface area contributed by atoms with E-state index in [1.807, 2.05) is 36.4 Å². The van der Waals surface area contributed by atoms with Crippen molar-refractivity contribution >= 4 is 40.3 Å². The number of benzene rings is 3.